The first kappa shape index (κ1) is 15.6. The second-order valence-corrected chi connectivity index (χ2v) is 6.06. The molecule has 21 heavy (non-hydrogen) atoms. The van der Waals surface area contributed by atoms with Gasteiger partial charge in [-0.15, -0.1) is 0 Å². The van der Waals surface area contributed by atoms with Gasteiger partial charge in [-0.3, -0.25) is 0 Å². The van der Waals surface area contributed by atoms with Crippen molar-refractivity contribution in [2.75, 3.05) is 18.5 Å². The van der Waals surface area contributed by atoms with Gasteiger partial charge in [0.2, 0.25) is 0 Å². The smallest absolute Gasteiger partial charge is 0.0832 e. The van der Waals surface area contributed by atoms with E-state index >= 15 is 0 Å². The van der Waals surface area contributed by atoms with Crippen LogP contribution in [0.2, 0.25) is 0 Å². The SMILES string of the molecule is Cc1cc(C)cc(N(C)CC(C)C(O)c2ccccc2)c1. The Morgan fingerprint density at radius 1 is 1.00 bits per heavy atom. The highest BCUT2D eigenvalue weighted by Gasteiger charge is 2.18. The molecule has 2 rings (SSSR count). The Balaban J connectivity index is 2.06. The predicted molar refractivity (Wildman–Crippen MR) is 89.8 cm³/mol. The second kappa shape index (κ2) is 6.77. The molecule has 0 heterocycles. The van der Waals surface area contributed by atoms with Crippen molar-refractivity contribution in [3.05, 3.63) is 65.2 Å². The molecule has 2 unspecified atom stereocenters. The molecule has 0 aliphatic heterocycles. The summed E-state index contributed by atoms with van der Waals surface area (Å²) in [7, 11) is 2.09. The summed E-state index contributed by atoms with van der Waals surface area (Å²) in [6.07, 6.45) is -0.431. The van der Waals surface area contributed by atoms with Gasteiger partial charge in [-0.25, -0.2) is 0 Å². The number of benzene rings is 2. The Morgan fingerprint density at radius 3 is 2.14 bits per heavy atom. The van der Waals surface area contributed by atoms with E-state index in [1.807, 2.05) is 30.3 Å². The number of rotatable bonds is 5. The van der Waals surface area contributed by atoms with Crippen LogP contribution >= 0.6 is 0 Å². The van der Waals surface area contributed by atoms with Crippen molar-refractivity contribution in [3.8, 4) is 0 Å². The van der Waals surface area contributed by atoms with E-state index in [0.717, 1.165) is 12.1 Å². The van der Waals surface area contributed by atoms with Crippen LogP contribution in [0.4, 0.5) is 5.69 Å². The van der Waals surface area contributed by atoms with Gasteiger partial charge in [0.15, 0.2) is 0 Å². The van der Waals surface area contributed by atoms with Crippen LogP contribution in [0.25, 0.3) is 0 Å². The third-order valence-electron chi connectivity index (χ3n) is 3.89. The topological polar surface area (TPSA) is 23.5 Å². The van der Waals surface area contributed by atoms with Crippen molar-refractivity contribution in [1.29, 1.82) is 0 Å². The van der Waals surface area contributed by atoms with Crippen LogP contribution in [-0.2, 0) is 0 Å². The average molecular weight is 283 g/mol. The molecule has 0 amide bonds. The molecular formula is C19H25NO. The number of nitrogens with zero attached hydrogens (tertiary/aromatic N) is 1. The summed E-state index contributed by atoms with van der Waals surface area (Å²) in [5.74, 6) is 0.165. The molecule has 2 heteroatoms. The van der Waals surface area contributed by atoms with Gasteiger partial charge in [-0.05, 0) is 42.7 Å². The van der Waals surface area contributed by atoms with Gasteiger partial charge >= 0.3 is 0 Å². The van der Waals surface area contributed by atoms with E-state index in [1.165, 1.54) is 16.8 Å². The van der Waals surface area contributed by atoms with Crippen LogP contribution in [0.5, 0.6) is 0 Å². The molecule has 2 atom stereocenters. The van der Waals surface area contributed by atoms with E-state index < -0.39 is 6.10 Å². The van der Waals surface area contributed by atoms with Gasteiger partial charge in [-0.2, -0.15) is 0 Å². The van der Waals surface area contributed by atoms with E-state index in [4.69, 9.17) is 0 Å². The van der Waals surface area contributed by atoms with Crippen molar-refractivity contribution >= 4 is 5.69 Å². The fourth-order valence-electron chi connectivity index (χ4n) is 2.79. The third kappa shape index (κ3) is 4.08. The summed E-state index contributed by atoms with van der Waals surface area (Å²) >= 11 is 0. The molecule has 0 aliphatic carbocycles. The molecule has 0 spiro atoms. The van der Waals surface area contributed by atoms with Crippen molar-refractivity contribution in [3.63, 3.8) is 0 Å². The van der Waals surface area contributed by atoms with Gasteiger partial charge < -0.3 is 10.0 Å². The minimum atomic E-state index is -0.431. The largest absolute Gasteiger partial charge is 0.388 e. The Kier molecular flexibility index (Phi) is 5.03. The highest BCUT2D eigenvalue weighted by atomic mass is 16.3. The summed E-state index contributed by atoms with van der Waals surface area (Å²) < 4.78 is 0. The lowest BCUT2D eigenvalue weighted by molar-refractivity contribution is 0.121. The fourth-order valence-corrected chi connectivity index (χ4v) is 2.79. The zero-order chi connectivity index (χ0) is 15.4. The molecule has 0 fully saturated rings. The molecule has 2 nitrogen and oxygen atoms in total. The number of anilines is 1. The molecule has 1 N–H and O–H groups in total. The van der Waals surface area contributed by atoms with Gasteiger partial charge in [0.25, 0.3) is 0 Å². The maximum absolute atomic E-state index is 10.5. The summed E-state index contributed by atoms with van der Waals surface area (Å²) in [5, 5.41) is 10.5. The van der Waals surface area contributed by atoms with E-state index in [-0.39, 0.29) is 5.92 Å². The predicted octanol–water partition coefficient (Wildman–Crippen LogP) is 4.11. The molecule has 0 aliphatic rings. The van der Waals surface area contributed by atoms with Gasteiger partial charge in [-0.1, -0.05) is 43.3 Å². The molecule has 112 valence electrons. The fraction of sp³-hybridized carbons (Fsp3) is 0.368. The molecule has 0 radical (unpaired) electrons. The quantitative estimate of drug-likeness (QED) is 0.892. The highest BCUT2D eigenvalue weighted by Crippen LogP contribution is 2.25. The van der Waals surface area contributed by atoms with Crippen molar-refractivity contribution in [1.82, 2.24) is 0 Å². The van der Waals surface area contributed by atoms with Crippen LogP contribution < -0.4 is 4.90 Å². The zero-order valence-electron chi connectivity index (χ0n) is 13.4. The molecule has 0 bridgehead atoms. The second-order valence-electron chi connectivity index (χ2n) is 6.06. The zero-order valence-corrected chi connectivity index (χ0v) is 13.4. The monoisotopic (exact) mass is 283 g/mol. The molecular weight excluding hydrogens is 258 g/mol. The van der Waals surface area contributed by atoms with E-state index in [9.17, 15) is 5.11 Å². The maximum Gasteiger partial charge on any atom is 0.0832 e. The van der Waals surface area contributed by atoms with Crippen molar-refractivity contribution in [2.45, 2.75) is 26.9 Å². The van der Waals surface area contributed by atoms with Crippen LogP contribution in [0.15, 0.2) is 48.5 Å². The van der Waals surface area contributed by atoms with E-state index in [1.54, 1.807) is 0 Å². The molecule has 0 saturated heterocycles. The average Bonchev–Trinajstić information content (AvgIpc) is 2.46. The first-order valence-electron chi connectivity index (χ1n) is 7.50. The lowest BCUT2D eigenvalue weighted by Crippen LogP contribution is -2.27. The number of aliphatic hydroxyl groups excluding tert-OH is 1. The van der Waals surface area contributed by atoms with Gasteiger partial charge in [0.05, 0.1) is 6.10 Å². The minimum Gasteiger partial charge on any atom is -0.388 e. The number of hydrogen-bond acceptors (Lipinski definition) is 2. The molecule has 0 aromatic heterocycles. The van der Waals surface area contributed by atoms with Gasteiger partial charge in [0, 0.05) is 25.2 Å². The number of aryl methyl sites for hydroxylation is 2. The van der Waals surface area contributed by atoms with Crippen molar-refractivity contribution in [2.24, 2.45) is 5.92 Å². The number of hydrogen-bond donors (Lipinski definition) is 1. The minimum absolute atomic E-state index is 0.165. The van der Waals surface area contributed by atoms with Crippen LogP contribution in [0.1, 0.15) is 29.7 Å². The summed E-state index contributed by atoms with van der Waals surface area (Å²) in [5.41, 5.74) is 4.74. The Morgan fingerprint density at radius 2 is 1.57 bits per heavy atom. The van der Waals surface area contributed by atoms with Crippen LogP contribution in [-0.4, -0.2) is 18.7 Å². The van der Waals surface area contributed by atoms with E-state index in [0.29, 0.717) is 0 Å². The lowest BCUT2D eigenvalue weighted by atomic mass is 9.97. The first-order chi connectivity index (χ1) is 9.97. The Bertz CT molecular complexity index is 559. The van der Waals surface area contributed by atoms with Gasteiger partial charge in [0.1, 0.15) is 0 Å². The maximum atomic E-state index is 10.5. The van der Waals surface area contributed by atoms with Crippen LogP contribution in [0.3, 0.4) is 0 Å². The molecule has 2 aromatic rings. The van der Waals surface area contributed by atoms with Crippen molar-refractivity contribution < 1.29 is 5.11 Å². The Hall–Kier alpha value is -1.80. The summed E-state index contributed by atoms with van der Waals surface area (Å²) in [6, 6.07) is 16.4. The first-order valence-corrected chi connectivity index (χ1v) is 7.50. The van der Waals surface area contributed by atoms with E-state index in [2.05, 4.69) is 50.9 Å². The normalized spacial score (nSPS) is 13.8. The highest BCUT2D eigenvalue weighted by molar-refractivity contribution is 5.50. The summed E-state index contributed by atoms with van der Waals surface area (Å²) in [6.45, 7) is 7.15. The molecule has 2 aromatic carbocycles. The third-order valence-corrected chi connectivity index (χ3v) is 3.89. The Labute approximate surface area is 128 Å². The molecule has 0 saturated carbocycles. The summed E-state index contributed by atoms with van der Waals surface area (Å²) in [4.78, 5) is 2.22. The van der Waals surface area contributed by atoms with Crippen LogP contribution in [0, 0.1) is 19.8 Å². The number of aliphatic hydroxyl groups is 1. The lowest BCUT2D eigenvalue weighted by Gasteiger charge is -2.27. The standard InChI is InChI=1S/C19H25NO/c1-14-10-15(2)12-18(11-14)20(4)13-16(3)19(21)17-8-6-5-7-9-17/h5-12,16,19,21H,13H2,1-4H3.